The van der Waals surface area contributed by atoms with Crippen LogP contribution in [0.15, 0.2) is 18.2 Å². The van der Waals surface area contributed by atoms with Gasteiger partial charge in [0, 0.05) is 22.9 Å². The highest BCUT2D eigenvalue weighted by Crippen LogP contribution is 2.36. The van der Waals surface area contributed by atoms with E-state index < -0.39 is 0 Å². The van der Waals surface area contributed by atoms with Crippen molar-refractivity contribution < 1.29 is 9.84 Å². The van der Waals surface area contributed by atoms with E-state index in [1.807, 2.05) is 17.8 Å². The fourth-order valence-electron chi connectivity index (χ4n) is 2.54. The zero-order valence-electron chi connectivity index (χ0n) is 11.9. The first-order valence-corrected chi connectivity index (χ1v) is 8.11. The molecule has 0 radical (unpaired) electrons. The van der Waals surface area contributed by atoms with Crippen molar-refractivity contribution in [2.24, 2.45) is 0 Å². The van der Waals surface area contributed by atoms with Gasteiger partial charge in [0.15, 0.2) is 0 Å². The molecular weight excluding hydrogens is 258 g/mol. The van der Waals surface area contributed by atoms with Gasteiger partial charge in [0.1, 0.15) is 18.1 Å². The number of aromatic hydroxyl groups is 1. The Hall–Kier alpha value is -0.870. The Morgan fingerprint density at radius 2 is 2.16 bits per heavy atom. The summed E-state index contributed by atoms with van der Waals surface area (Å²) in [6.45, 7) is 6.13. The van der Waals surface area contributed by atoms with E-state index in [1.165, 1.54) is 0 Å². The quantitative estimate of drug-likeness (QED) is 0.839. The highest BCUT2D eigenvalue weighted by atomic mass is 32.2. The molecule has 0 bridgehead atoms. The smallest absolute Gasteiger partial charge is 0.127 e. The fourth-order valence-corrected chi connectivity index (χ4v) is 3.34. The molecule has 0 amide bonds. The molecule has 0 spiro atoms. The minimum Gasteiger partial charge on any atom is -0.508 e. The zero-order valence-corrected chi connectivity index (χ0v) is 12.7. The van der Waals surface area contributed by atoms with Crippen LogP contribution in [0.4, 0.5) is 0 Å². The molecule has 2 N–H and O–H groups in total. The minimum absolute atomic E-state index is 0.236. The van der Waals surface area contributed by atoms with E-state index in [1.54, 1.807) is 12.1 Å². The van der Waals surface area contributed by atoms with Gasteiger partial charge < -0.3 is 15.2 Å². The maximum Gasteiger partial charge on any atom is 0.127 e. The SMILES string of the molecule is CCC(CC)(CNC1COc2cc(O)ccc21)SC. The zero-order chi connectivity index (χ0) is 13.9. The summed E-state index contributed by atoms with van der Waals surface area (Å²) in [6, 6.07) is 5.61. The van der Waals surface area contributed by atoms with Crippen molar-refractivity contribution in [3.63, 3.8) is 0 Å². The first kappa shape index (κ1) is 14.5. The Kier molecular flexibility index (Phi) is 4.63. The number of benzene rings is 1. The fraction of sp³-hybridized carbons (Fsp3) is 0.600. The van der Waals surface area contributed by atoms with E-state index in [9.17, 15) is 5.11 Å². The molecule has 19 heavy (non-hydrogen) atoms. The molecule has 0 aliphatic carbocycles. The van der Waals surface area contributed by atoms with Crippen molar-refractivity contribution in [1.29, 1.82) is 0 Å². The van der Waals surface area contributed by atoms with Crippen LogP contribution in [0, 0.1) is 0 Å². The first-order chi connectivity index (χ1) is 9.14. The van der Waals surface area contributed by atoms with Crippen LogP contribution in [-0.2, 0) is 0 Å². The highest BCUT2D eigenvalue weighted by molar-refractivity contribution is 8.00. The number of rotatable bonds is 6. The normalized spacial score (nSPS) is 18.2. The van der Waals surface area contributed by atoms with E-state index in [0.717, 1.165) is 30.7 Å². The van der Waals surface area contributed by atoms with Gasteiger partial charge in [0.2, 0.25) is 0 Å². The van der Waals surface area contributed by atoms with Crippen LogP contribution < -0.4 is 10.1 Å². The van der Waals surface area contributed by atoms with Crippen molar-refractivity contribution in [3.05, 3.63) is 23.8 Å². The molecular formula is C15H23NO2S. The first-order valence-electron chi connectivity index (χ1n) is 6.88. The van der Waals surface area contributed by atoms with E-state index in [-0.39, 0.29) is 11.8 Å². The summed E-state index contributed by atoms with van der Waals surface area (Å²) in [5.41, 5.74) is 1.15. The third-order valence-electron chi connectivity index (χ3n) is 4.17. The third-order valence-corrected chi connectivity index (χ3v) is 5.76. The Morgan fingerprint density at radius 1 is 1.42 bits per heavy atom. The van der Waals surface area contributed by atoms with Crippen LogP contribution in [0.2, 0.25) is 0 Å². The van der Waals surface area contributed by atoms with E-state index in [4.69, 9.17) is 4.74 Å². The van der Waals surface area contributed by atoms with Crippen LogP contribution in [-0.4, -0.2) is 29.3 Å². The second kappa shape index (κ2) is 6.06. The number of thioether (sulfide) groups is 1. The lowest BCUT2D eigenvalue weighted by atomic mass is 10.0. The van der Waals surface area contributed by atoms with Crippen LogP contribution in [0.5, 0.6) is 11.5 Å². The number of fused-ring (bicyclic) bond motifs is 1. The molecule has 4 heteroatoms. The molecule has 1 unspecified atom stereocenters. The molecule has 1 heterocycles. The van der Waals surface area contributed by atoms with Gasteiger partial charge in [-0.05, 0) is 31.2 Å². The average molecular weight is 281 g/mol. The second-order valence-corrected chi connectivity index (χ2v) is 6.34. The largest absolute Gasteiger partial charge is 0.508 e. The summed E-state index contributed by atoms with van der Waals surface area (Å²) in [7, 11) is 0. The van der Waals surface area contributed by atoms with E-state index in [0.29, 0.717) is 11.4 Å². The average Bonchev–Trinajstić information content (AvgIpc) is 2.83. The summed E-state index contributed by atoms with van der Waals surface area (Å²) in [4.78, 5) is 0. The Bertz CT molecular complexity index is 424. The Labute approximate surface area is 119 Å². The highest BCUT2D eigenvalue weighted by Gasteiger charge is 2.29. The monoisotopic (exact) mass is 281 g/mol. The van der Waals surface area contributed by atoms with Gasteiger partial charge >= 0.3 is 0 Å². The van der Waals surface area contributed by atoms with Crippen LogP contribution in [0.3, 0.4) is 0 Å². The van der Waals surface area contributed by atoms with Gasteiger partial charge in [0.25, 0.3) is 0 Å². The molecule has 2 rings (SSSR count). The lowest BCUT2D eigenvalue weighted by Gasteiger charge is -2.31. The number of phenolic OH excluding ortho intramolecular Hbond substituents is 1. The molecule has 106 valence electrons. The molecule has 0 aromatic heterocycles. The maximum absolute atomic E-state index is 9.45. The van der Waals surface area contributed by atoms with Crippen molar-refractivity contribution in [1.82, 2.24) is 5.32 Å². The standard InChI is InChI=1S/C15H23NO2S/c1-4-15(5-2,19-3)10-16-13-9-18-14-8-11(17)6-7-12(13)14/h6-8,13,16-17H,4-5,9-10H2,1-3H3. The van der Waals surface area contributed by atoms with Gasteiger partial charge in [0.05, 0.1) is 6.04 Å². The van der Waals surface area contributed by atoms with Gasteiger partial charge in [-0.25, -0.2) is 0 Å². The lowest BCUT2D eigenvalue weighted by molar-refractivity contribution is 0.304. The third kappa shape index (κ3) is 3.00. The summed E-state index contributed by atoms with van der Waals surface area (Å²) < 4.78 is 5.93. The van der Waals surface area contributed by atoms with Crippen LogP contribution in [0.25, 0.3) is 0 Å². The summed E-state index contributed by atoms with van der Waals surface area (Å²) in [5.74, 6) is 1.07. The van der Waals surface area contributed by atoms with Gasteiger partial charge in [-0.15, -0.1) is 0 Å². The molecule has 1 aliphatic heterocycles. The minimum atomic E-state index is 0.236. The predicted octanol–water partition coefficient (Wildman–Crippen LogP) is 3.34. The number of nitrogens with one attached hydrogen (secondary N) is 1. The Balaban J connectivity index is 2.03. The summed E-state index contributed by atoms with van der Waals surface area (Å²) in [6.07, 6.45) is 4.51. The lowest BCUT2D eigenvalue weighted by Crippen LogP contribution is -2.38. The van der Waals surface area contributed by atoms with Gasteiger partial charge in [-0.1, -0.05) is 13.8 Å². The second-order valence-electron chi connectivity index (χ2n) is 5.06. The number of ether oxygens (including phenoxy) is 1. The summed E-state index contributed by atoms with van der Waals surface area (Å²) >= 11 is 1.94. The van der Waals surface area contributed by atoms with Gasteiger partial charge in [-0.2, -0.15) is 11.8 Å². The van der Waals surface area contributed by atoms with Crippen LogP contribution in [0.1, 0.15) is 38.3 Å². The van der Waals surface area contributed by atoms with Crippen LogP contribution >= 0.6 is 11.8 Å². The molecule has 3 nitrogen and oxygen atoms in total. The maximum atomic E-state index is 9.45. The number of phenols is 1. The molecule has 1 atom stereocenters. The topological polar surface area (TPSA) is 41.5 Å². The molecule has 0 saturated carbocycles. The summed E-state index contributed by atoms with van der Waals surface area (Å²) in [5, 5.41) is 13.1. The Morgan fingerprint density at radius 3 is 2.79 bits per heavy atom. The van der Waals surface area contributed by atoms with Gasteiger partial charge in [-0.3, -0.25) is 0 Å². The van der Waals surface area contributed by atoms with Crippen molar-refractivity contribution in [2.45, 2.75) is 37.5 Å². The van der Waals surface area contributed by atoms with E-state index >= 15 is 0 Å². The predicted molar refractivity (Wildman–Crippen MR) is 81.2 cm³/mol. The molecule has 0 saturated heterocycles. The molecule has 1 aromatic carbocycles. The van der Waals surface area contributed by atoms with Crippen molar-refractivity contribution >= 4 is 11.8 Å². The van der Waals surface area contributed by atoms with Crippen molar-refractivity contribution in [3.8, 4) is 11.5 Å². The molecule has 0 fully saturated rings. The van der Waals surface area contributed by atoms with E-state index in [2.05, 4.69) is 25.4 Å². The van der Waals surface area contributed by atoms with Crippen molar-refractivity contribution in [2.75, 3.05) is 19.4 Å². The number of hydrogen-bond donors (Lipinski definition) is 2. The molecule has 1 aromatic rings. The number of hydrogen-bond acceptors (Lipinski definition) is 4. The molecule has 1 aliphatic rings.